The first-order valence-corrected chi connectivity index (χ1v) is 5.39. The summed E-state index contributed by atoms with van der Waals surface area (Å²) in [5.41, 5.74) is 1.06. The third-order valence-corrected chi connectivity index (χ3v) is 2.46. The van der Waals surface area contributed by atoms with E-state index in [1.165, 1.54) is 16.7 Å². The molecule has 1 atom stereocenters. The molecule has 0 bridgehead atoms. The zero-order chi connectivity index (χ0) is 13.2. The Kier molecular flexibility index (Phi) is 4.11. The topological polar surface area (TPSA) is 67.6 Å². The van der Waals surface area contributed by atoms with Gasteiger partial charge in [-0.05, 0) is 13.8 Å². The summed E-state index contributed by atoms with van der Waals surface area (Å²) in [5, 5.41) is 13.4. The molecule has 17 heavy (non-hydrogen) atoms. The van der Waals surface area contributed by atoms with E-state index in [4.69, 9.17) is 4.74 Å². The molecule has 1 rings (SSSR count). The van der Waals surface area contributed by atoms with Gasteiger partial charge in [-0.3, -0.25) is 4.79 Å². The average molecular weight is 241 g/mol. The van der Waals surface area contributed by atoms with Crippen molar-refractivity contribution in [3.05, 3.63) is 11.3 Å². The fraction of sp³-hybridized carbons (Fsp3) is 0.636. The summed E-state index contributed by atoms with van der Waals surface area (Å²) in [6, 6.07) is 0. The molecule has 0 saturated heterocycles. The average Bonchev–Trinajstić information content (AvgIpc) is 2.50. The highest BCUT2D eigenvalue weighted by atomic mass is 16.5. The van der Waals surface area contributed by atoms with Crippen molar-refractivity contribution in [3.8, 4) is 5.88 Å². The quantitative estimate of drug-likeness (QED) is 0.817. The van der Waals surface area contributed by atoms with Gasteiger partial charge in [0.1, 0.15) is 5.56 Å². The van der Waals surface area contributed by atoms with E-state index in [0.717, 1.165) is 0 Å². The van der Waals surface area contributed by atoms with E-state index in [0.29, 0.717) is 17.1 Å². The molecule has 1 N–H and O–H groups in total. The van der Waals surface area contributed by atoms with Crippen LogP contribution in [0.2, 0.25) is 0 Å². The SMILES string of the molecule is COc1c(C(=O)N(C)CC(C)O)c(C)nn1C. The number of ether oxygens (including phenoxy) is 1. The zero-order valence-corrected chi connectivity index (χ0v) is 10.9. The van der Waals surface area contributed by atoms with Gasteiger partial charge in [0.05, 0.1) is 18.9 Å². The van der Waals surface area contributed by atoms with Gasteiger partial charge in [0.15, 0.2) is 0 Å². The van der Waals surface area contributed by atoms with E-state index >= 15 is 0 Å². The second kappa shape index (κ2) is 5.18. The normalized spacial score (nSPS) is 12.4. The Morgan fingerprint density at radius 2 is 2.24 bits per heavy atom. The number of rotatable bonds is 4. The lowest BCUT2D eigenvalue weighted by molar-refractivity contribution is 0.0699. The molecule has 0 aliphatic carbocycles. The van der Waals surface area contributed by atoms with Crippen molar-refractivity contribution in [2.45, 2.75) is 20.0 Å². The molecule has 1 aromatic rings. The lowest BCUT2D eigenvalue weighted by atomic mass is 10.2. The summed E-state index contributed by atoms with van der Waals surface area (Å²) in [4.78, 5) is 13.6. The number of aliphatic hydroxyl groups excluding tert-OH is 1. The van der Waals surface area contributed by atoms with Crippen LogP contribution in [0.15, 0.2) is 0 Å². The highest BCUT2D eigenvalue weighted by Gasteiger charge is 2.24. The van der Waals surface area contributed by atoms with Crippen molar-refractivity contribution >= 4 is 5.91 Å². The summed E-state index contributed by atoms with van der Waals surface area (Å²) in [6.07, 6.45) is -0.563. The Hall–Kier alpha value is -1.56. The van der Waals surface area contributed by atoms with Gasteiger partial charge in [-0.2, -0.15) is 5.10 Å². The van der Waals surface area contributed by atoms with Crippen LogP contribution in [0.4, 0.5) is 0 Å². The van der Waals surface area contributed by atoms with E-state index in [9.17, 15) is 9.90 Å². The molecule has 0 spiro atoms. The Morgan fingerprint density at radius 3 is 2.71 bits per heavy atom. The molecule has 0 saturated carbocycles. The molecule has 1 heterocycles. The number of amides is 1. The first kappa shape index (κ1) is 13.5. The van der Waals surface area contributed by atoms with Crippen LogP contribution in [0.1, 0.15) is 23.0 Å². The molecule has 0 aliphatic heterocycles. The first-order valence-electron chi connectivity index (χ1n) is 5.39. The number of hydrogen-bond acceptors (Lipinski definition) is 4. The Bertz CT molecular complexity index is 412. The van der Waals surface area contributed by atoms with E-state index in [1.807, 2.05) is 0 Å². The number of nitrogens with zero attached hydrogens (tertiary/aromatic N) is 3. The van der Waals surface area contributed by atoms with Crippen LogP contribution < -0.4 is 4.74 Å². The van der Waals surface area contributed by atoms with Gasteiger partial charge in [0.2, 0.25) is 5.88 Å². The molecule has 0 aromatic carbocycles. The molecule has 1 aromatic heterocycles. The number of aryl methyl sites for hydroxylation is 2. The number of carbonyl (C=O) groups excluding carboxylic acids is 1. The third kappa shape index (κ3) is 2.76. The molecule has 6 nitrogen and oxygen atoms in total. The van der Waals surface area contributed by atoms with Gasteiger partial charge < -0.3 is 14.7 Å². The molecular weight excluding hydrogens is 222 g/mol. The molecule has 1 amide bonds. The number of hydrogen-bond donors (Lipinski definition) is 1. The van der Waals surface area contributed by atoms with Gasteiger partial charge in [-0.15, -0.1) is 0 Å². The first-order chi connectivity index (χ1) is 7.88. The van der Waals surface area contributed by atoms with Crippen molar-refractivity contribution < 1.29 is 14.6 Å². The Morgan fingerprint density at radius 1 is 1.65 bits per heavy atom. The predicted molar refractivity (Wildman–Crippen MR) is 63.1 cm³/mol. The number of aliphatic hydroxyl groups is 1. The Balaban J connectivity index is 3.03. The minimum absolute atomic E-state index is 0.201. The van der Waals surface area contributed by atoms with Crippen LogP contribution in [0, 0.1) is 6.92 Å². The van der Waals surface area contributed by atoms with Crippen molar-refractivity contribution in [1.29, 1.82) is 0 Å². The van der Waals surface area contributed by atoms with Crippen LogP contribution >= 0.6 is 0 Å². The maximum atomic E-state index is 12.2. The van der Waals surface area contributed by atoms with Gasteiger partial charge in [0.25, 0.3) is 5.91 Å². The lowest BCUT2D eigenvalue weighted by Crippen LogP contribution is -2.33. The van der Waals surface area contributed by atoms with Gasteiger partial charge in [-0.1, -0.05) is 0 Å². The molecule has 0 aliphatic rings. The van der Waals surface area contributed by atoms with Crippen LogP contribution in [0.3, 0.4) is 0 Å². The third-order valence-electron chi connectivity index (χ3n) is 2.46. The highest BCUT2D eigenvalue weighted by Crippen LogP contribution is 2.22. The summed E-state index contributed by atoms with van der Waals surface area (Å²) in [7, 11) is 4.86. The standard InChI is InChI=1S/C11H19N3O3/c1-7(15)6-13(3)10(16)9-8(2)12-14(4)11(9)17-5/h7,15H,6H2,1-5H3. The highest BCUT2D eigenvalue weighted by molar-refractivity contribution is 5.97. The number of carbonyl (C=O) groups is 1. The summed E-state index contributed by atoms with van der Waals surface area (Å²) < 4.78 is 6.69. The molecule has 0 radical (unpaired) electrons. The van der Waals surface area contributed by atoms with Gasteiger partial charge >= 0.3 is 0 Å². The summed E-state index contributed by atoms with van der Waals surface area (Å²) in [6.45, 7) is 3.67. The Labute approximate surface area is 101 Å². The van der Waals surface area contributed by atoms with E-state index in [1.54, 1.807) is 27.9 Å². The monoisotopic (exact) mass is 241 g/mol. The van der Waals surface area contributed by atoms with Gasteiger partial charge in [0, 0.05) is 20.6 Å². The fourth-order valence-electron chi connectivity index (χ4n) is 1.79. The largest absolute Gasteiger partial charge is 0.481 e. The minimum Gasteiger partial charge on any atom is -0.481 e. The van der Waals surface area contributed by atoms with Gasteiger partial charge in [-0.25, -0.2) is 4.68 Å². The van der Waals surface area contributed by atoms with E-state index in [-0.39, 0.29) is 12.5 Å². The lowest BCUT2D eigenvalue weighted by Gasteiger charge is -2.18. The van der Waals surface area contributed by atoms with Crippen molar-refractivity contribution in [2.24, 2.45) is 7.05 Å². The van der Waals surface area contributed by atoms with Crippen LogP contribution in [0.5, 0.6) is 5.88 Å². The summed E-state index contributed by atoms with van der Waals surface area (Å²) >= 11 is 0. The maximum Gasteiger partial charge on any atom is 0.261 e. The molecular formula is C11H19N3O3. The molecule has 96 valence electrons. The second-order valence-corrected chi connectivity index (χ2v) is 4.13. The van der Waals surface area contributed by atoms with Crippen molar-refractivity contribution in [2.75, 3.05) is 20.7 Å². The number of aromatic nitrogens is 2. The second-order valence-electron chi connectivity index (χ2n) is 4.13. The molecule has 6 heteroatoms. The van der Waals surface area contributed by atoms with Crippen LogP contribution in [-0.2, 0) is 7.05 Å². The maximum absolute atomic E-state index is 12.2. The van der Waals surface area contributed by atoms with Crippen molar-refractivity contribution in [3.63, 3.8) is 0 Å². The zero-order valence-electron chi connectivity index (χ0n) is 10.9. The predicted octanol–water partition coefficient (Wildman–Crippen LogP) is 0.190. The van der Waals surface area contributed by atoms with E-state index in [2.05, 4.69) is 5.10 Å². The van der Waals surface area contributed by atoms with Crippen LogP contribution in [0.25, 0.3) is 0 Å². The fourth-order valence-corrected chi connectivity index (χ4v) is 1.79. The minimum atomic E-state index is -0.563. The number of likely N-dealkylation sites (N-methyl/N-ethyl adjacent to an activating group) is 1. The van der Waals surface area contributed by atoms with E-state index < -0.39 is 6.10 Å². The number of methoxy groups -OCH3 is 1. The van der Waals surface area contributed by atoms with Crippen LogP contribution in [-0.4, -0.2) is 52.5 Å². The van der Waals surface area contributed by atoms with Crippen molar-refractivity contribution in [1.82, 2.24) is 14.7 Å². The summed E-state index contributed by atoms with van der Waals surface area (Å²) in [5.74, 6) is 0.235. The smallest absolute Gasteiger partial charge is 0.261 e. The molecule has 1 unspecified atom stereocenters. The molecule has 0 fully saturated rings.